The van der Waals surface area contributed by atoms with Gasteiger partial charge in [0.05, 0.1) is 27.2 Å². The van der Waals surface area contributed by atoms with Gasteiger partial charge in [-0.2, -0.15) is 0 Å². The lowest BCUT2D eigenvalue weighted by molar-refractivity contribution is 0.0911. The molecule has 0 aliphatic heterocycles. The van der Waals surface area contributed by atoms with Gasteiger partial charge in [0.15, 0.2) is 5.65 Å². The number of rotatable bonds is 5. The number of aromatic nitrogens is 3. The number of nitrogens with one attached hydrogen (secondary N) is 3. The molecule has 5 rings (SSSR count). The zero-order chi connectivity index (χ0) is 25.4. The van der Waals surface area contributed by atoms with Gasteiger partial charge in [0, 0.05) is 17.9 Å². The molecule has 1 unspecified atom stereocenters. The van der Waals surface area contributed by atoms with Gasteiger partial charge in [-0.25, -0.2) is 9.97 Å². The van der Waals surface area contributed by atoms with E-state index in [1.807, 2.05) is 19.1 Å². The van der Waals surface area contributed by atoms with E-state index < -0.39 is 0 Å². The van der Waals surface area contributed by atoms with Gasteiger partial charge in [-0.05, 0) is 73.4 Å². The topological polar surface area (TPSA) is 99.8 Å². The van der Waals surface area contributed by atoms with E-state index in [0.29, 0.717) is 27.3 Å². The van der Waals surface area contributed by atoms with Crippen molar-refractivity contribution in [3.05, 3.63) is 64.3 Å². The van der Waals surface area contributed by atoms with Crippen LogP contribution in [-0.4, -0.2) is 32.8 Å². The van der Waals surface area contributed by atoms with E-state index in [0.717, 1.165) is 23.4 Å². The van der Waals surface area contributed by atoms with E-state index in [1.54, 1.807) is 18.5 Å². The summed E-state index contributed by atoms with van der Waals surface area (Å²) in [5, 5.41) is 6.09. The molecule has 0 saturated heterocycles. The fraction of sp³-hybridized carbons (Fsp3) is 0.357. The maximum atomic E-state index is 12.9. The molecule has 186 valence electrons. The molecule has 2 amide bonds. The van der Waals surface area contributed by atoms with Gasteiger partial charge in [0.25, 0.3) is 11.8 Å². The van der Waals surface area contributed by atoms with E-state index in [9.17, 15) is 9.59 Å². The van der Waals surface area contributed by atoms with Crippen LogP contribution < -0.4 is 10.6 Å². The van der Waals surface area contributed by atoms with Crippen LogP contribution in [0.1, 0.15) is 71.7 Å². The number of carbonyl (C=O) groups is 2. The number of hydrogen-bond acceptors (Lipinski definition) is 5. The molecule has 4 aromatic rings. The number of benzene rings is 1. The number of amides is 2. The Morgan fingerprint density at radius 1 is 1.06 bits per heavy atom. The number of nitrogens with zero attached hydrogens (tertiary/aromatic N) is 2. The van der Waals surface area contributed by atoms with E-state index in [2.05, 4.69) is 53.5 Å². The van der Waals surface area contributed by atoms with Crippen molar-refractivity contribution in [1.29, 1.82) is 0 Å². The zero-order valence-electron chi connectivity index (χ0n) is 21.1. The minimum absolute atomic E-state index is 0.0143. The molecule has 0 saturated carbocycles. The first-order valence-electron chi connectivity index (χ1n) is 12.4. The maximum absolute atomic E-state index is 12.9. The highest BCUT2D eigenvalue weighted by molar-refractivity contribution is 7.17. The first-order valence-corrected chi connectivity index (χ1v) is 13.2. The number of aromatic amines is 1. The van der Waals surface area contributed by atoms with Gasteiger partial charge in [-0.3, -0.25) is 9.59 Å². The molecular formula is C28H31N5O2S. The summed E-state index contributed by atoms with van der Waals surface area (Å²) in [5.41, 5.74) is 5.62. The molecule has 0 fully saturated rings. The number of hydrogen-bond donors (Lipinski definition) is 3. The monoisotopic (exact) mass is 501 g/mol. The number of aryl methyl sites for hydroxylation is 2. The highest BCUT2D eigenvalue weighted by atomic mass is 32.1. The third-order valence-electron chi connectivity index (χ3n) is 6.96. The summed E-state index contributed by atoms with van der Waals surface area (Å²) in [6.45, 7) is 8.25. The minimum Gasteiger partial charge on any atom is -0.349 e. The number of carbonyl (C=O) groups excluding carboxylic acids is 2. The number of H-pyrrole nitrogens is 1. The molecule has 36 heavy (non-hydrogen) atoms. The van der Waals surface area contributed by atoms with Crippen LogP contribution in [0.5, 0.6) is 0 Å². The maximum Gasteiger partial charge on any atom is 0.265 e. The lowest BCUT2D eigenvalue weighted by Crippen LogP contribution is -2.41. The van der Waals surface area contributed by atoms with Crippen LogP contribution in [0.25, 0.3) is 21.7 Å². The Kier molecular flexibility index (Phi) is 6.38. The lowest BCUT2D eigenvalue weighted by Gasteiger charge is -2.27. The molecule has 0 spiro atoms. The van der Waals surface area contributed by atoms with Crippen molar-refractivity contribution in [2.45, 2.75) is 59.4 Å². The van der Waals surface area contributed by atoms with Gasteiger partial charge in [-0.15, -0.1) is 11.3 Å². The molecule has 0 bridgehead atoms. The van der Waals surface area contributed by atoms with Gasteiger partial charge in [0.1, 0.15) is 5.52 Å². The van der Waals surface area contributed by atoms with Crippen LogP contribution in [0.4, 0.5) is 5.69 Å². The van der Waals surface area contributed by atoms with Crippen molar-refractivity contribution in [1.82, 2.24) is 20.3 Å². The van der Waals surface area contributed by atoms with Crippen LogP contribution in [0.15, 0.2) is 42.7 Å². The van der Waals surface area contributed by atoms with Crippen molar-refractivity contribution in [2.75, 3.05) is 5.32 Å². The SMILES string of the molecule is CC(NC(=O)c1c[nH]c2ncc(-c3ccc(C(=O)Nc4ccc5c(c4)CCCC5)s3)nc12)C(C)(C)C. The Bertz CT molecular complexity index is 1450. The van der Waals surface area contributed by atoms with Crippen LogP contribution in [0.3, 0.4) is 0 Å². The molecule has 3 aromatic heterocycles. The molecule has 3 heterocycles. The summed E-state index contributed by atoms with van der Waals surface area (Å²) in [6, 6.07) is 9.86. The Labute approximate surface area is 214 Å². The van der Waals surface area contributed by atoms with Crippen LogP contribution >= 0.6 is 11.3 Å². The highest BCUT2D eigenvalue weighted by Crippen LogP contribution is 2.30. The molecule has 1 atom stereocenters. The molecular weight excluding hydrogens is 470 g/mol. The average Bonchev–Trinajstić information content (AvgIpc) is 3.50. The van der Waals surface area contributed by atoms with E-state index >= 15 is 0 Å². The van der Waals surface area contributed by atoms with E-state index in [4.69, 9.17) is 4.98 Å². The standard InChI is InChI=1S/C28H31N5O2S/c1-16(28(2,3)4)31-26(34)20-14-29-25-24(20)33-21(15-30-25)22-11-12-23(36-22)27(35)32-19-10-9-17-7-5-6-8-18(17)13-19/h9-16H,5-8H2,1-4H3,(H,29,30)(H,31,34)(H,32,35). The Morgan fingerprint density at radius 2 is 1.83 bits per heavy atom. The second kappa shape index (κ2) is 9.50. The Morgan fingerprint density at radius 3 is 2.61 bits per heavy atom. The molecule has 8 heteroatoms. The zero-order valence-corrected chi connectivity index (χ0v) is 21.9. The third-order valence-corrected chi connectivity index (χ3v) is 8.07. The van der Waals surface area contributed by atoms with Gasteiger partial charge >= 0.3 is 0 Å². The first-order chi connectivity index (χ1) is 17.2. The van der Waals surface area contributed by atoms with Crippen molar-refractivity contribution >= 4 is 40.0 Å². The van der Waals surface area contributed by atoms with Crippen molar-refractivity contribution < 1.29 is 9.59 Å². The molecule has 1 aliphatic carbocycles. The number of fused-ring (bicyclic) bond motifs is 2. The summed E-state index contributed by atoms with van der Waals surface area (Å²) < 4.78 is 0. The second-order valence-corrected chi connectivity index (χ2v) is 11.6. The summed E-state index contributed by atoms with van der Waals surface area (Å²) in [4.78, 5) is 39.5. The Hall–Kier alpha value is -3.52. The molecule has 1 aromatic carbocycles. The fourth-order valence-electron chi connectivity index (χ4n) is 4.28. The van der Waals surface area contributed by atoms with Gasteiger partial charge < -0.3 is 15.6 Å². The summed E-state index contributed by atoms with van der Waals surface area (Å²) in [6.07, 6.45) is 7.92. The molecule has 0 radical (unpaired) electrons. The highest BCUT2D eigenvalue weighted by Gasteiger charge is 2.24. The summed E-state index contributed by atoms with van der Waals surface area (Å²) in [7, 11) is 0. The summed E-state index contributed by atoms with van der Waals surface area (Å²) in [5.74, 6) is -0.333. The first kappa shape index (κ1) is 24.2. The fourth-order valence-corrected chi connectivity index (χ4v) is 5.13. The average molecular weight is 502 g/mol. The predicted molar refractivity (Wildman–Crippen MR) is 145 cm³/mol. The van der Waals surface area contributed by atoms with Crippen molar-refractivity contribution in [3.8, 4) is 10.6 Å². The smallest absolute Gasteiger partial charge is 0.265 e. The quantitative estimate of drug-likeness (QED) is 0.313. The van der Waals surface area contributed by atoms with Gasteiger partial charge in [0.2, 0.25) is 0 Å². The normalized spacial score (nSPS) is 14.3. The van der Waals surface area contributed by atoms with Crippen molar-refractivity contribution in [3.63, 3.8) is 0 Å². The Balaban J connectivity index is 1.35. The van der Waals surface area contributed by atoms with Crippen LogP contribution in [-0.2, 0) is 12.8 Å². The largest absolute Gasteiger partial charge is 0.349 e. The van der Waals surface area contributed by atoms with Crippen LogP contribution in [0, 0.1) is 5.41 Å². The van der Waals surface area contributed by atoms with E-state index in [1.165, 1.54) is 35.3 Å². The van der Waals surface area contributed by atoms with Crippen molar-refractivity contribution in [2.24, 2.45) is 5.41 Å². The number of anilines is 1. The minimum atomic E-state index is -0.188. The molecule has 1 aliphatic rings. The molecule has 3 N–H and O–H groups in total. The summed E-state index contributed by atoms with van der Waals surface area (Å²) >= 11 is 1.36. The lowest BCUT2D eigenvalue weighted by atomic mass is 9.88. The third kappa shape index (κ3) is 4.91. The molecule has 7 nitrogen and oxygen atoms in total. The van der Waals surface area contributed by atoms with Crippen LogP contribution in [0.2, 0.25) is 0 Å². The second-order valence-electron chi connectivity index (χ2n) is 10.5. The predicted octanol–water partition coefficient (Wildman–Crippen LogP) is 5.98. The van der Waals surface area contributed by atoms with E-state index in [-0.39, 0.29) is 23.3 Å². The van der Waals surface area contributed by atoms with Gasteiger partial charge in [-0.1, -0.05) is 26.8 Å². The number of thiophene rings is 1.